The molecule has 0 saturated carbocycles. The number of piperidine rings is 1. The van der Waals surface area contributed by atoms with Crippen molar-refractivity contribution in [3.8, 4) is 5.75 Å². The molecule has 0 aliphatic carbocycles. The van der Waals surface area contributed by atoms with Crippen LogP contribution in [0.4, 0.5) is 0 Å². The molecule has 0 radical (unpaired) electrons. The minimum Gasteiger partial charge on any atom is -0.491 e. The van der Waals surface area contributed by atoms with Gasteiger partial charge in [0, 0.05) is 12.6 Å². The first-order valence-corrected chi connectivity index (χ1v) is 7.68. The monoisotopic (exact) mass is 277 g/mol. The van der Waals surface area contributed by atoms with Gasteiger partial charge in [0.05, 0.1) is 0 Å². The van der Waals surface area contributed by atoms with Gasteiger partial charge in [-0.2, -0.15) is 0 Å². The maximum absolute atomic E-state index is 10.2. The molecule has 0 amide bonds. The molecule has 1 N–H and O–H groups in total. The highest BCUT2D eigenvalue weighted by atomic mass is 16.5. The van der Waals surface area contributed by atoms with Gasteiger partial charge in [0.15, 0.2) is 0 Å². The van der Waals surface area contributed by atoms with Gasteiger partial charge in [-0.05, 0) is 57.4 Å². The quantitative estimate of drug-likeness (QED) is 0.898. The Hall–Kier alpha value is -1.06. The molecular weight excluding hydrogens is 250 g/mol. The number of hydrogen-bond donors (Lipinski definition) is 1. The molecule has 0 spiro atoms. The minimum absolute atomic E-state index is 0.369. The van der Waals surface area contributed by atoms with Crippen LogP contribution in [0.2, 0.25) is 0 Å². The fraction of sp³-hybridized carbons (Fsp3) is 0.647. The molecule has 0 bridgehead atoms. The lowest BCUT2D eigenvalue weighted by atomic mass is 10.0. The lowest BCUT2D eigenvalue weighted by Gasteiger charge is -2.34. The molecular formula is C17H27NO2. The molecule has 1 aliphatic rings. The summed E-state index contributed by atoms with van der Waals surface area (Å²) in [6, 6.07) is 6.75. The highest BCUT2D eigenvalue weighted by molar-refractivity contribution is 5.35. The zero-order valence-electron chi connectivity index (χ0n) is 12.9. The van der Waals surface area contributed by atoms with Crippen LogP contribution in [0.5, 0.6) is 5.75 Å². The van der Waals surface area contributed by atoms with E-state index in [0.29, 0.717) is 19.2 Å². The van der Waals surface area contributed by atoms with E-state index >= 15 is 0 Å². The van der Waals surface area contributed by atoms with Crippen LogP contribution in [-0.2, 0) is 0 Å². The zero-order valence-corrected chi connectivity index (χ0v) is 12.9. The Morgan fingerprint density at radius 2 is 2.15 bits per heavy atom. The average Bonchev–Trinajstić information content (AvgIpc) is 2.42. The number of aryl methyl sites for hydroxylation is 2. The van der Waals surface area contributed by atoms with Gasteiger partial charge in [0.2, 0.25) is 0 Å². The van der Waals surface area contributed by atoms with E-state index in [1.165, 1.54) is 24.8 Å². The normalized spacial score (nSPS) is 21.7. The molecule has 1 aliphatic heterocycles. The Labute approximate surface area is 122 Å². The van der Waals surface area contributed by atoms with Crippen molar-refractivity contribution in [2.75, 3.05) is 19.7 Å². The number of aliphatic hydroxyl groups is 1. The molecule has 20 heavy (non-hydrogen) atoms. The van der Waals surface area contributed by atoms with Gasteiger partial charge in [-0.1, -0.05) is 18.6 Å². The van der Waals surface area contributed by atoms with E-state index in [1.54, 1.807) is 0 Å². The fourth-order valence-corrected chi connectivity index (χ4v) is 2.80. The first-order valence-electron chi connectivity index (χ1n) is 7.68. The van der Waals surface area contributed by atoms with E-state index in [2.05, 4.69) is 30.9 Å². The summed E-state index contributed by atoms with van der Waals surface area (Å²) >= 11 is 0. The van der Waals surface area contributed by atoms with Gasteiger partial charge in [0.25, 0.3) is 0 Å². The first kappa shape index (κ1) is 15.3. The van der Waals surface area contributed by atoms with E-state index in [-0.39, 0.29) is 0 Å². The summed E-state index contributed by atoms with van der Waals surface area (Å²) in [5.74, 6) is 0.885. The lowest BCUT2D eigenvalue weighted by Crippen LogP contribution is -2.43. The largest absolute Gasteiger partial charge is 0.491 e. The van der Waals surface area contributed by atoms with Crippen LogP contribution in [0.3, 0.4) is 0 Å². The number of rotatable bonds is 5. The van der Waals surface area contributed by atoms with Crippen LogP contribution in [0, 0.1) is 13.8 Å². The van der Waals surface area contributed by atoms with Crippen molar-refractivity contribution in [1.82, 2.24) is 4.90 Å². The third kappa shape index (κ3) is 4.22. The van der Waals surface area contributed by atoms with Gasteiger partial charge < -0.3 is 9.84 Å². The minimum atomic E-state index is -0.421. The highest BCUT2D eigenvalue weighted by Crippen LogP contribution is 2.20. The number of ether oxygens (including phenoxy) is 1. The number of likely N-dealkylation sites (tertiary alicyclic amines) is 1. The Bertz CT molecular complexity index is 433. The molecule has 2 atom stereocenters. The van der Waals surface area contributed by atoms with Gasteiger partial charge in [-0.25, -0.2) is 0 Å². The van der Waals surface area contributed by atoms with E-state index in [1.807, 2.05) is 13.0 Å². The highest BCUT2D eigenvalue weighted by Gasteiger charge is 2.21. The second kappa shape index (κ2) is 7.09. The second-order valence-corrected chi connectivity index (χ2v) is 6.07. The summed E-state index contributed by atoms with van der Waals surface area (Å²) in [5.41, 5.74) is 2.30. The zero-order chi connectivity index (χ0) is 14.5. The topological polar surface area (TPSA) is 32.7 Å². The molecule has 3 nitrogen and oxygen atoms in total. The Morgan fingerprint density at radius 3 is 2.90 bits per heavy atom. The molecule has 1 aromatic carbocycles. The van der Waals surface area contributed by atoms with Crippen molar-refractivity contribution in [3.63, 3.8) is 0 Å². The number of aliphatic hydroxyl groups excluding tert-OH is 1. The van der Waals surface area contributed by atoms with Crippen molar-refractivity contribution in [2.24, 2.45) is 0 Å². The summed E-state index contributed by atoms with van der Waals surface area (Å²) in [6.45, 7) is 8.52. The molecule has 2 rings (SSSR count). The van der Waals surface area contributed by atoms with Crippen molar-refractivity contribution in [1.29, 1.82) is 0 Å². The van der Waals surface area contributed by atoms with Crippen molar-refractivity contribution in [2.45, 2.75) is 52.2 Å². The predicted molar refractivity (Wildman–Crippen MR) is 82.3 cm³/mol. The fourth-order valence-electron chi connectivity index (χ4n) is 2.80. The van der Waals surface area contributed by atoms with E-state index in [9.17, 15) is 5.11 Å². The third-order valence-electron chi connectivity index (χ3n) is 4.16. The predicted octanol–water partition coefficient (Wildman–Crippen LogP) is 2.92. The first-order chi connectivity index (χ1) is 9.56. The maximum Gasteiger partial charge on any atom is 0.122 e. The number of benzene rings is 1. The Balaban J connectivity index is 1.82. The Morgan fingerprint density at radius 1 is 1.35 bits per heavy atom. The molecule has 1 fully saturated rings. The molecule has 0 unspecified atom stereocenters. The average molecular weight is 277 g/mol. The summed E-state index contributed by atoms with van der Waals surface area (Å²) in [5, 5.41) is 10.2. The van der Waals surface area contributed by atoms with E-state index < -0.39 is 6.10 Å². The SMILES string of the molecule is Cc1ccc(C)c(OC[C@H](O)CN2CCCC[C@@H]2C)c1. The van der Waals surface area contributed by atoms with Crippen molar-refractivity contribution in [3.05, 3.63) is 29.3 Å². The van der Waals surface area contributed by atoms with Crippen LogP contribution >= 0.6 is 0 Å². The summed E-state index contributed by atoms with van der Waals surface area (Å²) in [7, 11) is 0. The number of β-amino-alcohol motifs (C(OH)–C–C–N with tert-alkyl or cyclic N) is 1. The molecule has 3 heteroatoms. The van der Waals surface area contributed by atoms with Crippen LogP contribution in [0.15, 0.2) is 18.2 Å². The smallest absolute Gasteiger partial charge is 0.122 e. The van der Waals surface area contributed by atoms with Crippen LogP contribution < -0.4 is 4.74 Å². The van der Waals surface area contributed by atoms with Crippen LogP contribution in [0.25, 0.3) is 0 Å². The molecule has 112 valence electrons. The summed E-state index contributed by atoms with van der Waals surface area (Å²) in [6.07, 6.45) is 3.38. The van der Waals surface area contributed by atoms with Gasteiger partial charge in [0.1, 0.15) is 18.5 Å². The maximum atomic E-state index is 10.2. The Kier molecular flexibility index (Phi) is 5.44. The van der Waals surface area contributed by atoms with Crippen molar-refractivity contribution >= 4 is 0 Å². The van der Waals surface area contributed by atoms with E-state index in [4.69, 9.17) is 4.74 Å². The van der Waals surface area contributed by atoms with E-state index in [0.717, 1.165) is 17.9 Å². The lowest BCUT2D eigenvalue weighted by molar-refractivity contribution is 0.0436. The molecule has 1 heterocycles. The van der Waals surface area contributed by atoms with Gasteiger partial charge in [-0.15, -0.1) is 0 Å². The second-order valence-electron chi connectivity index (χ2n) is 6.07. The van der Waals surface area contributed by atoms with Gasteiger partial charge >= 0.3 is 0 Å². The summed E-state index contributed by atoms with van der Waals surface area (Å²) in [4.78, 5) is 2.38. The molecule has 1 aromatic rings. The van der Waals surface area contributed by atoms with Crippen molar-refractivity contribution < 1.29 is 9.84 Å². The molecule has 0 aromatic heterocycles. The number of nitrogens with zero attached hydrogens (tertiary/aromatic N) is 1. The third-order valence-corrected chi connectivity index (χ3v) is 4.16. The molecule has 1 saturated heterocycles. The number of hydrogen-bond acceptors (Lipinski definition) is 3. The van der Waals surface area contributed by atoms with Crippen LogP contribution in [-0.4, -0.2) is 41.8 Å². The van der Waals surface area contributed by atoms with Gasteiger partial charge in [-0.3, -0.25) is 4.90 Å². The van der Waals surface area contributed by atoms with Crippen LogP contribution in [0.1, 0.15) is 37.3 Å². The standard InChI is InChI=1S/C17H27NO2/c1-13-7-8-14(2)17(10-13)20-12-16(19)11-18-9-5-4-6-15(18)3/h7-8,10,15-16,19H,4-6,9,11-12H2,1-3H3/t15-,16+/m0/s1. The summed E-state index contributed by atoms with van der Waals surface area (Å²) < 4.78 is 5.78.